The average Bonchev–Trinajstić information content (AvgIpc) is 2.72. The average molecular weight is 372 g/mol. The number of amides is 1. The van der Waals surface area contributed by atoms with E-state index in [-0.39, 0.29) is 5.91 Å². The quantitative estimate of drug-likeness (QED) is 0.661. The normalized spacial score (nSPS) is 13.0. The van der Waals surface area contributed by atoms with Crippen LogP contribution in [0.4, 0.5) is 0 Å². The summed E-state index contributed by atoms with van der Waals surface area (Å²) in [6.07, 6.45) is 0.826. The zero-order valence-electron chi connectivity index (χ0n) is 16.1. The van der Waals surface area contributed by atoms with Crippen LogP contribution in [0.5, 0.6) is 17.2 Å². The van der Waals surface area contributed by atoms with Crippen LogP contribution in [0.15, 0.2) is 60.7 Å². The Morgan fingerprint density at radius 3 is 2.68 bits per heavy atom. The highest BCUT2D eigenvalue weighted by Crippen LogP contribution is 2.26. The van der Waals surface area contributed by atoms with Crippen LogP contribution in [0.3, 0.4) is 0 Å². The molecule has 0 aromatic heterocycles. The van der Waals surface area contributed by atoms with E-state index in [2.05, 4.69) is 12.1 Å². The van der Waals surface area contributed by atoms with Crippen LogP contribution in [0.25, 0.3) is 0 Å². The van der Waals surface area contributed by atoms with Crippen molar-refractivity contribution < 1.29 is 14.3 Å². The maximum Gasteiger partial charge on any atom is 0.254 e. The topological polar surface area (TPSA) is 38.8 Å². The molecule has 1 heterocycles. The molecular weight excluding hydrogens is 350 g/mol. The number of carbonyl (C=O) groups excluding carboxylic acids is 1. The molecule has 1 aliphatic rings. The van der Waals surface area contributed by atoms with Crippen molar-refractivity contribution in [2.24, 2.45) is 0 Å². The Kier molecular flexibility index (Phi) is 5.02. The first-order valence-corrected chi connectivity index (χ1v) is 9.34. The Morgan fingerprint density at radius 1 is 1.00 bits per heavy atom. The molecule has 141 valence electrons. The minimum Gasteiger partial charge on any atom is -0.497 e. The molecule has 0 atom stereocenters. The second kappa shape index (κ2) is 7.77. The molecule has 1 amide bonds. The third-order valence-electron chi connectivity index (χ3n) is 4.94. The van der Waals surface area contributed by atoms with Crippen LogP contribution in [0.1, 0.15) is 27.0 Å². The molecule has 4 rings (SSSR count). The molecule has 0 spiro atoms. The Morgan fingerprint density at radius 2 is 1.86 bits per heavy atom. The minimum absolute atomic E-state index is 0.0140. The van der Waals surface area contributed by atoms with Crippen molar-refractivity contribution in [2.45, 2.75) is 19.9 Å². The fourth-order valence-electron chi connectivity index (χ4n) is 3.45. The Hall–Kier alpha value is -3.27. The largest absolute Gasteiger partial charge is 0.497 e. The number of aryl methyl sites for hydroxylation is 1. The number of ether oxygens (including phenoxy) is 2. The SMILES string of the molecule is COc1ccc2c(c1)CCN(C(=O)c1cccc(Oc3[c]c(C)ccc3)c1)C2. The van der Waals surface area contributed by atoms with E-state index in [1.807, 2.05) is 60.4 Å². The number of hydrogen-bond acceptors (Lipinski definition) is 3. The Balaban J connectivity index is 1.50. The van der Waals surface area contributed by atoms with E-state index in [0.717, 1.165) is 17.7 Å². The van der Waals surface area contributed by atoms with Gasteiger partial charge in [-0.2, -0.15) is 0 Å². The molecule has 0 aliphatic carbocycles. The summed E-state index contributed by atoms with van der Waals surface area (Å²) < 4.78 is 11.2. The van der Waals surface area contributed by atoms with Crippen molar-refractivity contribution in [3.8, 4) is 17.2 Å². The molecule has 0 unspecified atom stereocenters. The summed E-state index contributed by atoms with van der Waals surface area (Å²) in [5.41, 5.74) is 4.05. The summed E-state index contributed by atoms with van der Waals surface area (Å²) in [7, 11) is 1.67. The van der Waals surface area contributed by atoms with Crippen LogP contribution in [-0.2, 0) is 13.0 Å². The number of hydrogen-bond donors (Lipinski definition) is 0. The highest BCUT2D eigenvalue weighted by molar-refractivity contribution is 5.94. The highest BCUT2D eigenvalue weighted by Gasteiger charge is 2.22. The van der Waals surface area contributed by atoms with Gasteiger partial charge in [0.2, 0.25) is 0 Å². The number of rotatable bonds is 4. The van der Waals surface area contributed by atoms with Crippen molar-refractivity contribution in [3.05, 3.63) is 89.0 Å². The minimum atomic E-state index is 0.0140. The fraction of sp³-hybridized carbons (Fsp3) is 0.208. The standard InChI is InChI=1S/C24H22NO3/c1-17-5-3-7-22(13-17)28-23-8-4-6-19(15-23)24(26)25-12-11-18-14-21(27-2)10-9-20(18)16-25/h3-10,14-15H,11-12,16H2,1-2H3. The summed E-state index contributed by atoms with van der Waals surface area (Å²) in [6, 6.07) is 22.3. The molecule has 3 aromatic carbocycles. The molecule has 4 nitrogen and oxygen atoms in total. The molecular formula is C24H22NO3. The zero-order valence-corrected chi connectivity index (χ0v) is 16.1. The van der Waals surface area contributed by atoms with Crippen LogP contribution in [0, 0.1) is 13.0 Å². The maximum absolute atomic E-state index is 13.0. The number of nitrogens with zero attached hydrogens (tertiary/aromatic N) is 1. The molecule has 28 heavy (non-hydrogen) atoms. The van der Waals surface area contributed by atoms with Crippen molar-refractivity contribution >= 4 is 5.91 Å². The third kappa shape index (κ3) is 3.86. The fourth-order valence-corrected chi connectivity index (χ4v) is 3.45. The van der Waals surface area contributed by atoms with Crippen molar-refractivity contribution in [3.63, 3.8) is 0 Å². The van der Waals surface area contributed by atoms with Crippen molar-refractivity contribution in [2.75, 3.05) is 13.7 Å². The van der Waals surface area contributed by atoms with Gasteiger partial charge in [0.25, 0.3) is 5.91 Å². The number of carbonyl (C=O) groups is 1. The van der Waals surface area contributed by atoms with Gasteiger partial charge in [-0.3, -0.25) is 4.79 Å². The molecule has 1 radical (unpaired) electrons. The molecule has 3 aromatic rings. The third-order valence-corrected chi connectivity index (χ3v) is 4.94. The second-order valence-electron chi connectivity index (χ2n) is 6.94. The van der Waals surface area contributed by atoms with Gasteiger partial charge in [0.1, 0.15) is 17.2 Å². The van der Waals surface area contributed by atoms with Crippen LogP contribution >= 0.6 is 0 Å². The predicted molar refractivity (Wildman–Crippen MR) is 108 cm³/mol. The molecule has 0 N–H and O–H groups in total. The number of fused-ring (bicyclic) bond motifs is 1. The second-order valence-corrected chi connectivity index (χ2v) is 6.94. The van der Waals surface area contributed by atoms with Gasteiger partial charge in [-0.05, 0) is 66.4 Å². The Labute approximate surface area is 165 Å². The van der Waals surface area contributed by atoms with Crippen LogP contribution in [-0.4, -0.2) is 24.5 Å². The van der Waals surface area contributed by atoms with Crippen LogP contribution in [0.2, 0.25) is 0 Å². The molecule has 0 bridgehead atoms. The van der Waals surface area contributed by atoms with Gasteiger partial charge in [-0.1, -0.05) is 24.3 Å². The Bertz CT molecular complexity index is 1010. The first kappa shape index (κ1) is 18.1. The van der Waals surface area contributed by atoms with E-state index in [0.29, 0.717) is 30.2 Å². The highest BCUT2D eigenvalue weighted by atomic mass is 16.5. The van der Waals surface area contributed by atoms with Gasteiger partial charge in [-0.25, -0.2) is 0 Å². The summed E-state index contributed by atoms with van der Waals surface area (Å²) in [5, 5.41) is 0. The van der Waals surface area contributed by atoms with Gasteiger partial charge in [0.05, 0.1) is 7.11 Å². The van der Waals surface area contributed by atoms with Gasteiger partial charge >= 0.3 is 0 Å². The van der Waals surface area contributed by atoms with Gasteiger partial charge < -0.3 is 14.4 Å². The van der Waals surface area contributed by atoms with Crippen molar-refractivity contribution in [1.29, 1.82) is 0 Å². The monoisotopic (exact) mass is 372 g/mol. The van der Waals surface area contributed by atoms with E-state index in [1.165, 1.54) is 11.1 Å². The lowest BCUT2D eigenvalue weighted by atomic mass is 9.98. The van der Waals surface area contributed by atoms with Crippen LogP contribution < -0.4 is 9.47 Å². The molecule has 0 saturated heterocycles. The lowest BCUT2D eigenvalue weighted by molar-refractivity contribution is 0.0734. The maximum atomic E-state index is 13.0. The molecule has 1 aliphatic heterocycles. The zero-order chi connectivity index (χ0) is 19.5. The summed E-state index contributed by atoms with van der Waals surface area (Å²) in [6.45, 7) is 3.27. The van der Waals surface area contributed by atoms with E-state index in [4.69, 9.17) is 9.47 Å². The van der Waals surface area contributed by atoms with Crippen molar-refractivity contribution in [1.82, 2.24) is 4.90 Å². The van der Waals surface area contributed by atoms with E-state index >= 15 is 0 Å². The number of benzene rings is 3. The van der Waals surface area contributed by atoms with Gasteiger partial charge in [0, 0.05) is 24.7 Å². The van der Waals surface area contributed by atoms with E-state index < -0.39 is 0 Å². The van der Waals surface area contributed by atoms with E-state index in [9.17, 15) is 4.79 Å². The number of methoxy groups -OCH3 is 1. The molecule has 0 fully saturated rings. The molecule has 0 saturated carbocycles. The van der Waals surface area contributed by atoms with Gasteiger partial charge in [-0.15, -0.1) is 0 Å². The molecule has 4 heteroatoms. The first-order chi connectivity index (χ1) is 13.6. The lowest BCUT2D eigenvalue weighted by Crippen LogP contribution is -2.35. The van der Waals surface area contributed by atoms with E-state index in [1.54, 1.807) is 13.2 Å². The summed E-state index contributed by atoms with van der Waals surface area (Å²) >= 11 is 0. The summed E-state index contributed by atoms with van der Waals surface area (Å²) in [4.78, 5) is 14.9. The van der Waals surface area contributed by atoms with Gasteiger partial charge in [0.15, 0.2) is 0 Å². The lowest BCUT2D eigenvalue weighted by Gasteiger charge is -2.29. The summed E-state index contributed by atoms with van der Waals surface area (Å²) in [5.74, 6) is 2.15. The smallest absolute Gasteiger partial charge is 0.254 e. The predicted octanol–water partition coefficient (Wildman–Crippen LogP) is 4.79. The first-order valence-electron chi connectivity index (χ1n) is 9.34.